The molecule has 4 rings (SSSR count). The Balaban J connectivity index is 1.57. The molecule has 2 heterocycles. The molecule has 10 heteroatoms. The first-order valence-electron chi connectivity index (χ1n) is 12.3. The second-order valence-corrected chi connectivity index (χ2v) is 10.7. The standard InChI is InChI=1S/C26H32FN5O4/c1-15(2)11-20(31(4)21(33)16(3)29-24(36)26(27)9-10-26)22(34)32-14-25(12-17(32)13-28)18-7-5-6-8-19(18)30-23(25)35/h5-8,15-17,20H,9-12,14H2,1-4H3,(H,29,36)(H,30,35)/t16-,17-,20-,25-/m0/s1. The van der Waals surface area contributed by atoms with E-state index in [4.69, 9.17) is 0 Å². The van der Waals surface area contributed by atoms with Gasteiger partial charge in [-0.3, -0.25) is 19.2 Å². The van der Waals surface area contributed by atoms with Gasteiger partial charge >= 0.3 is 0 Å². The van der Waals surface area contributed by atoms with Gasteiger partial charge in [0.1, 0.15) is 18.1 Å². The topological polar surface area (TPSA) is 123 Å². The lowest BCUT2D eigenvalue weighted by molar-refractivity contribution is -0.147. The van der Waals surface area contributed by atoms with E-state index in [-0.39, 0.29) is 37.6 Å². The first-order chi connectivity index (χ1) is 16.9. The number of nitriles is 1. The molecule has 1 saturated carbocycles. The zero-order valence-electron chi connectivity index (χ0n) is 21.0. The normalized spacial score (nSPS) is 25.1. The maximum atomic E-state index is 14.1. The van der Waals surface area contributed by atoms with E-state index < -0.39 is 46.9 Å². The summed E-state index contributed by atoms with van der Waals surface area (Å²) in [6, 6.07) is 6.64. The molecule has 0 aromatic heterocycles. The van der Waals surface area contributed by atoms with Crippen LogP contribution in [0, 0.1) is 17.2 Å². The molecule has 2 aliphatic heterocycles. The molecule has 0 bridgehead atoms. The maximum Gasteiger partial charge on any atom is 0.258 e. The summed E-state index contributed by atoms with van der Waals surface area (Å²) in [6.07, 6.45) is 0.744. The molecule has 0 radical (unpaired) electrons. The van der Waals surface area contributed by atoms with Crippen molar-refractivity contribution in [1.29, 1.82) is 5.26 Å². The molecule has 1 spiro atoms. The molecule has 1 aliphatic carbocycles. The Bertz CT molecular complexity index is 1140. The van der Waals surface area contributed by atoms with Gasteiger partial charge in [0.05, 0.1) is 11.5 Å². The number of carbonyl (C=O) groups is 4. The lowest BCUT2D eigenvalue weighted by atomic mass is 9.80. The van der Waals surface area contributed by atoms with Crippen molar-refractivity contribution in [2.75, 3.05) is 18.9 Å². The van der Waals surface area contributed by atoms with Crippen molar-refractivity contribution in [3.63, 3.8) is 0 Å². The molecule has 36 heavy (non-hydrogen) atoms. The quantitative estimate of drug-likeness (QED) is 0.596. The monoisotopic (exact) mass is 497 g/mol. The molecule has 2 N–H and O–H groups in total. The summed E-state index contributed by atoms with van der Waals surface area (Å²) in [5.41, 5.74) is -1.52. The van der Waals surface area contributed by atoms with Crippen LogP contribution in [0.2, 0.25) is 0 Å². The van der Waals surface area contributed by atoms with Gasteiger partial charge in [-0.1, -0.05) is 32.0 Å². The number of likely N-dealkylation sites (N-methyl/N-ethyl adjacent to an activating group) is 1. The van der Waals surface area contributed by atoms with Gasteiger partial charge < -0.3 is 20.4 Å². The number of nitrogens with one attached hydrogen (secondary N) is 2. The summed E-state index contributed by atoms with van der Waals surface area (Å²) < 4.78 is 14.1. The van der Waals surface area contributed by atoms with Crippen LogP contribution in [0.25, 0.3) is 0 Å². The Morgan fingerprint density at radius 1 is 1.28 bits per heavy atom. The highest BCUT2D eigenvalue weighted by Gasteiger charge is 2.57. The molecule has 3 aliphatic rings. The second-order valence-electron chi connectivity index (χ2n) is 10.7. The van der Waals surface area contributed by atoms with Crippen molar-refractivity contribution in [2.24, 2.45) is 5.92 Å². The van der Waals surface area contributed by atoms with Crippen LogP contribution in [0.4, 0.5) is 10.1 Å². The predicted octanol–water partition coefficient (Wildman–Crippen LogP) is 1.88. The number of benzene rings is 1. The van der Waals surface area contributed by atoms with E-state index in [2.05, 4.69) is 16.7 Å². The third kappa shape index (κ3) is 4.31. The van der Waals surface area contributed by atoms with E-state index in [9.17, 15) is 28.8 Å². The number of para-hydroxylation sites is 1. The highest BCUT2D eigenvalue weighted by atomic mass is 19.1. The van der Waals surface area contributed by atoms with Crippen LogP contribution < -0.4 is 10.6 Å². The number of fused-ring (bicyclic) bond motifs is 2. The van der Waals surface area contributed by atoms with Crippen LogP contribution in [0.5, 0.6) is 0 Å². The molecule has 4 amide bonds. The van der Waals surface area contributed by atoms with Crippen molar-refractivity contribution in [3.8, 4) is 6.07 Å². The lowest BCUT2D eigenvalue weighted by Gasteiger charge is -2.34. The molecule has 0 unspecified atom stereocenters. The van der Waals surface area contributed by atoms with Gasteiger partial charge in [-0.15, -0.1) is 0 Å². The van der Waals surface area contributed by atoms with E-state index in [1.165, 1.54) is 23.8 Å². The average molecular weight is 498 g/mol. The van der Waals surface area contributed by atoms with Gasteiger partial charge in [0.2, 0.25) is 17.7 Å². The summed E-state index contributed by atoms with van der Waals surface area (Å²) >= 11 is 0. The minimum Gasteiger partial charge on any atom is -0.342 e. The van der Waals surface area contributed by atoms with E-state index >= 15 is 0 Å². The van der Waals surface area contributed by atoms with Crippen LogP contribution in [0.1, 0.15) is 52.0 Å². The van der Waals surface area contributed by atoms with E-state index in [1.54, 1.807) is 6.07 Å². The number of halogens is 1. The Morgan fingerprint density at radius 3 is 2.56 bits per heavy atom. The van der Waals surface area contributed by atoms with Crippen molar-refractivity contribution < 1.29 is 23.6 Å². The molecule has 192 valence electrons. The SMILES string of the molecule is CC(C)C[C@@H](C(=O)N1C[C@]2(C[C@H]1C#N)C(=O)Nc1ccccc12)N(C)C(=O)[C@H](C)NC(=O)C1(F)CC1. The summed E-state index contributed by atoms with van der Waals surface area (Å²) in [4.78, 5) is 54.9. The van der Waals surface area contributed by atoms with Gasteiger partial charge in [0.25, 0.3) is 5.91 Å². The number of nitrogens with zero attached hydrogens (tertiary/aromatic N) is 3. The van der Waals surface area contributed by atoms with Gasteiger partial charge in [0, 0.05) is 25.7 Å². The van der Waals surface area contributed by atoms with Crippen molar-refractivity contribution >= 4 is 29.3 Å². The van der Waals surface area contributed by atoms with Crippen LogP contribution in [0.15, 0.2) is 24.3 Å². The highest BCUT2D eigenvalue weighted by molar-refractivity contribution is 6.07. The number of anilines is 1. The van der Waals surface area contributed by atoms with Crippen molar-refractivity contribution in [3.05, 3.63) is 29.8 Å². The number of carbonyl (C=O) groups excluding carboxylic acids is 4. The average Bonchev–Trinajstić information content (AvgIpc) is 3.38. The molecular formula is C26H32FN5O4. The van der Waals surface area contributed by atoms with Gasteiger partial charge in [-0.25, -0.2) is 4.39 Å². The molecule has 4 atom stereocenters. The Labute approximate surface area is 210 Å². The number of hydrogen-bond acceptors (Lipinski definition) is 5. The van der Waals surface area contributed by atoms with E-state index in [0.29, 0.717) is 12.1 Å². The van der Waals surface area contributed by atoms with Gasteiger partial charge in [-0.05, 0) is 43.7 Å². The number of rotatable bonds is 7. The van der Waals surface area contributed by atoms with Crippen LogP contribution >= 0.6 is 0 Å². The maximum absolute atomic E-state index is 14.1. The highest BCUT2D eigenvalue weighted by Crippen LogP contribution is 2.46. The molecule has 9 nitrogen and oxygen atoms in total. The molecule has 1 aromatic carbocycles. The van der Waals surface area contributed by atoms with Gasteiger partial charge in [-0.2, -0.15) is 5.26 Å². The Kier molecular flexibility index (Phi) is 6.54. The number of amides is 4. The van der Waals surface area contributed by atoms with Crippen LogP contribution in [-0.2, 0) is 24.6 Å². The fourth-order valence-corrected chi connectivity index (χ4v) is 5.23. The zero-order valence-corrected chi connectivity index (χ0v) is 21.0. The van der Waals surface area contributed by atoms with Crippen molar-refractivity contribution in [2.45, 2.75) is 75.7 Å². The summed E-state index contributed by atoms with van der Waals surface area (Å²) in [6.45, 7) is 5.32. The predicted molar refractivity (Wildman–Crippen MR) is 129 cm³/mol. The smallest absolute Gasteiger partial charge is 0.258 e. The summed E-state index contributed by atoms with van der Waals surface area (Å²) in [7, 11) is 1.48. The minimum atomic E-state index is -1.91. The molecule has 1 aromatic rings. The third-order valence-corrected chi connectivity index (χ3v) is 7.52. The zero-order chi connectivity index (χ0) is 26.4. The molecule has 2 fully saturated rings. The number of alkyl halides is 1. The van der Waals surface area contributed by atoms with E-state index in [1.807, 2.05) is 32.0 Å². The van der Waals surface area contributed by atoms with Crippen molar-refractivity contribution in [1.82, 2.24) is 15.1 Å². The van der Waals surface area contributed by atoms with Crippen LogP contribution in [-0.4, -0.2) is 70.8 Å². The first kappa shape index (κ1) is 25.6. The lowest BCUT2D eigenvalue weighted by Crippen LogP contribution is -2.56. The van der Waals surface area contributed by atoms with Gasteiger partial charge in [0.15, 0.2) is 5.67 Å². The summed E-state index contributed by atoms with van der Waals surface area (Å²) in [5.74, 6) is -1.99. The summed E-state index contributed by atoms with van der Waals surface area (Å²) in [5, 5.41) is 15.2. The van der Waals surface area contributed by atoms with Crippen LogP contribution in [0.3, 0.4) is 0 Å². The largest absolute Gasteiger partial charge is 0.342 e. The fraction of sp³-hybridized carbons (Fsp3) is 0.577. The second kappa shape index (κ2) is 9.19. The first-order valence-corrected chi connectivity index (χ1v) is 12.3. The third-order valence-electron chi connectivity index (χ3n) is 7.52. The Hall–Kier alpha value is -3.48. The fourth-order valence-electron chi connectivity index (χ4n) is 5.23. The minimum absolute atomic E-state index is 0.0280. The molecule has 1 saturated heterocycles. The Morgan fingerprint density at radius 2 is 1.94 bits per heavy atom. The number of likely N-dealkylation sites (tertiary alicyclic amines) is 1. The van der Waals surface area contributed by atoms with E-state index in [0.717, 1.165) is 5.56 Å². The number of hydrogen-bond donors (Lipinski definition) is 2. The molecular weight excluding hydrogens is 465 g/mol.